The van der Waals surface area contributed by atoms with Gasteiger partial charge < -0.3 is 19.2 Å². The van der Waals surface area contributed by atoms with Crippen LogP contribution in [-0.2, 0) is 16.1 Å². The minimum atomic E-state index is -0.771. The number of nitrogens with one attached hydrogen (secondary N) is 1. The summed E-state index contributed by atoms with van der Waals surface area (Å²) >= 11 is 5.99. The van der Waals surface area contributed by atoms with Crippen molar-refractivity contribution in [1.29, 1.82) is 0 Å². The molecule has 164 valence electrons. The SMILES string of the molecule is COC(=O)c1occc1COC(=O)c1ccccc1NC(=O)c1ccc([N+](=O)[O-])cc1Cl. The Labute approximate surface area is 185 Å². The molecule has 0 atom stereocenters. The van der Waals surface area contributed by atoms with E-state index in [0.717, 1.165) is 12.1 Å². The fraction of sp³-hybridized carbons (Fsp3) is 0.0952. The van der Waals surface area contributed by atoms with Crippen LogP contribution in [0.2, 0.25) is 5.02 Å². The summed E-state index contributed by atoms with van der Waals surface area (Å²) in [6.07, 6.45) is 1.26. The van der Waals surface area contributed by atoms with Crippen molar-refractivity contribution in [2.24, 2.45) is 0 Å². The number of carbonyl (C=O) groups is 3. The molecule has 0 bridgehead atoms. The first-order chi connectivity index (χ1) is 15.3. The van der Waals surface area contributed by atoms with Gasteiger partial charge in [-0.15, -0.1) is 0 Å². The number of anilines is 1. The van der Waals surface area contributed by atoms with Gasteiger partial charge in [0, 0.05) is 17.7 Å². The first-order valence-electron chi connectivity index (χ1n) is 8.98. The Bertz CT molecular complexity index is 1200. The average Bonchev–Trinajstić information content (AvgIpc) is 3.25. The Balaban J connectivity index is 1.75. The zero-order valence-corrected chi connectivity index (χ0v) is 17.3. The van der Waals surface area contributed by atoms with Gasteiger partial charge >= 0.3 is 11.9 Å². The van der Waals surface area contributed by atoms with E-state index in [1.54, 1.807) is 12.1 Å². The number of benzene rings is 2. The van der Waals surface area contributed by atoms with Crippen molar-refractivity contribution >= 4 is 40.8 Å². The van der Waals surface area contributed by atoms with Crippen LogP contribution in [0.3, 0.4) is 0 Å². The van der Waals surface area contributed by atoms with Gasteiger partial charge in [-0.05, 0) is 24.3 Å². The predicted molar refractivity (Wildman–Crippen MR) is 112 cm³/mol. The molecule has 1 heterocycles. The summed E-state index contributed by atoms with van der Waals surface area (Å²) in [6, 6.07) is 11.0. The van der Waals surface area contributed by atoms with Gasteiger partial charge in [0.05, 0.1) is 40.1 Å². The van der Waals surface area contributed by atoms with E-state index in [2.05, 4.69) is 10.1 Å². The van der Waals surface area contributed by atoms with Crippen molar-refractivity contribution in [1.82, 2.24) is 0 Å². The van der Waals surface area contributed by atoms with Crippen molar-refractivity contribution in [3.63, 3.8) is 0 Å². The molecule has 1 N–H and O–H groups in total. The molecule has 0 aliphatic carbocycles. The van der Waals surface area contributed by atoms with Crippen molar-refractivity contribution in [3.8, 4) is 0 Å². The third-order valence-corrected chi connectivity index (χ3v) is 4.59. The fourth-order valence-electron chi connectivity index (χ4n) is 2.70. The molecule has 0 saturated heterocycles. The van der Waals surface area contributed by atoms with E-state index in [4.69, 9.17) is 20.8 Å². The number of nitrogens with zero attached hydrogens (tertiary/aromatic N) is 1. The first-order valence-corrected chi connectivity index (χ1v) is 9.35. The molecule has 1 amide bonds. The van der Waals surface area contributed by atoms with Gasteiger partial charge in [-0.2, -0.15) is 0 Å². The Morgan fingerprint density at radius 3 is 2.53 bits per heavy atom. The molecule has 0 radical (unpaired) electrons. The molecule has 0 aliphatic rings. The molecule has 0 fully saturated rings. The van der Waals surface area contributed by atoms with Crippen LogP contribution in [-0.4, -0.2) is 29.9 Å². The van der Waals surface area contributed by atoms with E-state index in [1.807, 2.05) is 0 Å². The first kappa shape index (κ1) is 22.5. The summed E-state index contributed by atoms with van der Waals surface area (Å²) in [4.78, 5) is 47.1. The number of nitro benzene ring substituents is 1. The number of furan rings is 1. The number of amides is 1. The summed E-state index contributed by atoms with van der Waals surface area (Å²) in [5.41, 5.74) is 0.214. The maximum absolute atomic E-state index is 12.6. The molecule has 3 rings (SSSR count). The summed E-state index contributed by atoms with van der Waals surface area (Å²) < 4.78 is 14.9. The minimum Gasteiger partial charge on any atom is -0.463 e. The number of rotatable bonds is 7. The topological polar surface area (TPSA) is 138 Å². The number of methoxy groups -OCH3 is 1. The van der Waals surface area contributed by atoms with E-state index >= 15 is 0 Å². The molecule has 1 aromatic heterocycles. The Morgan fingerprint density at radius 2 is 1.84 bits per heavy atom. The summed E-state index contributed by atoms with van der Waals surface area (Å²) in [7, 11) is 1.19. The quantitative estimate of drug-likeness (QED) is 0.315. The van der Waals surface area contributed by atoms with Crippen LogP contribution in [0.5, 0.6) is 0 Å². The molecule has 3 aromatic rings. The van der Waals surface area contributed by atoms with Crippen molar-refractivity contribution < 1.29 is 33.2 Å². The molecular formula is C21H15ClN2O8. The lowest BCUT2D eigenvalue weighted by Gasteiger charge is -2.11. The largest absolute Gasteiger partial charge is 0.463 e. The van der Waals surface area contributed by atoms with E-state index in [0.29, 0.717) is 5.56 Å². The van der Waals surface area contributed by atoms with Crippen LogP contribution in [0.15, 0.2) is 59.2 Å². The van der Waals surface area contributed by atoms with Gasteiger partial charge in [-0.3, -0.25) is 14.9 Å². The lowest BCUT2D eigenvalue weighted by Crippen LogP contribution is -2.16. The van der Waals surface area contributed by atoms with Crippen molar-refractivity contribution in [2.45, 2.75) is 6.61 Å². The third-order valence-electron chi connectivity index (χ3n) is 4.28. The molecule has 32 heavy (non-hydrogen) atoms. The normalized spacial score (nSPS) is 10.3. The summed E-state index contributed by atoms with van der Waals surface area (Å²) in [5, 5.41) is 13.3. The van der Waals surface area contributed by atoms with Crippen LogP contribution in [0.25, 0.3) is 0 Å². The number of ether oxygens (including phenoxy) is 2. The monoisotopic (exact) mass is 458 g/mol. The number of carbonyl (C=O) groups excluding carboxylic acids is 3. The van der Waals surface area contributed by atoms with Gasteiger partial charge in [0.15, 0.2) is 0 Å². The van der Waals surface area contributed by atoms with Crippen LogP contribution in [0, 0.1) is 10.1 Å². The van der Waals surface area contributed by atoms with Crippen LogP contribution in [0.4, 0.5) is 11.4 Å². The summed E-state index contributed by atoms with van der Waals surface area (Å²) in [6.45, 7) is -0.268. The number of hydrogen-bond donors (Lipinski definition) is 1. The number of esters is 2. The fourth-order valence-corrected chi connectivity index (χ4v) is 2.96. The van der Waals surface area contributed by atoms with Crippen LogP contribution < -0.4 is 5.32 Å². The van der Waals surface area contributed by atoms with Crippen LogP contribution >= 0.6 is 11.6 Å². The van der Waals surface area contributed by atoms with Gasteiger partial charge in [0.25, 0.3) is 11.6 Å². The third kappa shape index (κ3) is 4.93. The molecule has 0 spiro atoms. The highest BCUT2D eigenvalue weighted by atomic mass is 35.5. The van der Waals surface area contributed by atoms with Gasteiger partial charge in [0.2, 0.25) is 5.76 Å². The number of non-ortho nitro benzene ring substituents is 1. The van der Waals surface area contributed by atoms with Crippen molar-refractivity contribution in [3.05, 3.63) is 92.4 Å². The highest BCUT2D eigenvalue weighted by Gasteiger charge is 2.21. The van der Waals surface area contributed by atoms with E-state index in [1.165, 1.54) is 37.6 Å². The molecule has 0 aliphatic heterocycles. The average molecular weight is 459 g/mol. The lowest BCUT2D eigenvalue weighted by atomic mass is 10.1. The smallest absolute Gasteiger partial charge is 0.374 e. The minimum absolute atomic E-state index is 0.0124. The molecule has 0 saturated carbocycles. The van der Waals surface area contributed by atoms with E-state index in [-0.39, 0.29) is 39.9 Å². The predicted octanol–water partition coefficient (Wildman–Crippen LogP) is 4.24. The maximum Gasteiger partial charge on any atom is 0.374 e. The number of nitro groups is 1. The van der Waals surface area contributed by atoms with Crippen LogP contribution in [0.1, 0.15) is 36.8 Å². The zero-order chi connectivity index (χ0) is 23.3. The van der Waals surface area contributed by atoms with E-state index in [9.17, 15) is 24.5 Å². The highest BCUT2D eigenvalue weighted by molar-refractivity contribution is 6.34. The molecular weight excluding hydrogens is 444 g/mol. The van der Waals surface area contributed by atoms with Gasteiger partial charge in [0.1, 0.15) is 6.61 Å². The lowest BCUT2D eigenvalue weighted by molar-refractivity contribution is -0.384. The second-order valence-electron chi connectivity index (χ2n) is 6.26. The van der Waals surface area contributed by atoms with Gasteiger partial charge in [-0.25, -0.2) is 9.59 Å². The number of hydrogen-bond acceptors (Lipinski definition) is 8. The van der Waals surface area contributed by atoms with Crippen molar-refractivity contribution in [2.75, 3.05) is 12.4 Å². The molecule has 0 unspecified atom stereocenters. The highest BCUT2D eigenvalue weighted by Crippen LogP contribution is 2.25. The zero-order valence-electron chi connectivity index (χ0n) is 16.5. The molecule has 10 nitrogen and oxygen atoms in total. The standard InChI is InChI=1S/C21H15ClN2O8/c1-30-21(27)18-12(8-9-31-18)11-32-20(26)15-4-2-3-5-17(15)23-19(25)14-7-6-13(24(28)29)10-16(14)22/h2-10H,11H2,1H3,(H,23,25). The summed E-state index contributed by atoms with van der Waals surface area (Å²) in [5.74, 6) is -2.25. The molecule has 11 heteroatoms. The maximum atomic E-state index is 12.6. The molecule has 2 aromatic carbocycles. The Hall–Kier alpha value is -4.18. The second-order valence-corrected chi connectivity index (χ2v) is 6.67. The second kappa shape index (κ2) is 9.75. The number of para-hydroxylation sites is 1. The Morgan fingerprint density at radius 1 is 1.09 bits per heavy atom. The van der Waals surface area contributed by atoms with E-state index < -0.39 is 22.8 Å². The number of halogens is 1. The van der Waals surface area contributed by atoms with Gasteiger partial charge in [-0.1, -0.05) is 23.7 Å². The Kier molecular flexibility index (Phi) is 6.86.